The van der Waals surface area contributed by atoms with Crippen LogP contribution in [-0.4, -0.2) is 56.6 Å². The predicted molar refractivity (Wildman–Crippen MR) is 151 cm³/mol. The van der Waals surface area contributed by atoms with Crippen molar-refractivity contribution in [2.75, 3.05) is 46.6 Å². The molecular weight excluding hydrogens is 486 g/mol. The molecule has 3 aromatic rings. The van der Waals surface area contributed by atoms with Gasteiger partial charge in [0, 0.05) is 31.1 Å². The molecule has 0 saturated carbocycles. The minimum atomic E-state index is -1.33. The first-order valence-electron chi connectivity index (χ1n) is 13.1. The Morgan fingerprint density at radius 2 is 1.59 bits per heavy atom. The fraction of sp³-hybridized carbons (Fsp3) is 0.419. The average molecular weight is 526 g/mol. The van der Waals surface area contributed by atoms with Crippen molar-refractivity contribution in [1.29, 1.82) is 0 Å². The van der Waals surface area contributed by atoms with Crippen LogP contribution >= 0.6 is 12.4 Å². The van der Waals surface area contributed by atoms with E-state index in [0.29, 0.717) is 32.1 Å². The fourth-order valence-corrected chi connectivity index (χ4v) is 5.06. The summed E-state index contributed by atoms with van der Waals surface area (Å²) in [4.78, 5) is 2.38. The Hall–Kier alpha value is -2.57. The molecule has 1 fully saturated rings. The molecule has 1 aliphatic rings. The van der Waals surface area contributed by atoms with Gasteiger partial charge in [-0.1, -0.05) is 80.4 Å². The van der Waals surface area contributed by atoms with Crippen molar-refractivity contribution in [1.82, 2.24) is 4.90 Å². The lowest BCUT2D eigenvalue weighted by molar-refractivity contribution is -0.000153. The third kappa shape index (κ3) is 7.05. The summed E-state index contributed by atoms with van der Waals surface area (Å²) in [5.41, 5.74) is 1.33. The van der Waals surface area contributed by atoms with Gasteiger partial charge in [0.25, 0.3) is 0 Å². The first-order chi connectivity index (χ1) is 17.7. The summed E-state index contributed by atoms with van der Waals surface area (Å²) in [6.07, 6.45) is 3.36. The van der Waals surface area contributed by atoms with Gasteiger partial charge < -0.3 is 19.3 Å². The molecule has 1 saturated heterocycles. The Balaban J connectivity index is 0.00000380. The number of morpholine rings is 1. The van der Waals surface area contributed by atoms with Crippen LogP contribution in [0.15, 0.2) is 78.9 Å². The van der Waals surface area contributed by atoms with Gasteiger partial charge in [-0.15, -0.1) is 12.4 Å². The number of halogens is 1. The number of hydrogen-bond acceptors (Lipinski definition) is 5. The van der Waals surface area contributed by atoms with Crippen molar-refractivity contribution in [3.8, 4) is 11.5 Å². The van der Waals surface area contributed by atoms with Crippen molar-refractivity contribution in [2.45, 2.75) is 37.7 Å². The Morgan fingerprint density at radius 1 is 0.919 bits per heavy atom. The number of methoxy groups -OCH3 is 1. The lowest BCUT2D eigenvalue weighted by Gasteiger charge is -2.41. The molecular formula is C31H40ClNO4. The summed E-state index contributed by atoms with van der Waals surface area (Å²) in [6.45, 7) is 6.68. The highest BCUT2D eigenvalue weighted by Crippen LogP contribution is 2.46. The molecule has 2 atom stereocenters. The van der Waals surface area contributed by atoms with Crippen LogP contribution in [0.5, 0.6) is 11.5 Å². The summed E-state index contributed by atoms with van der Waals surface area (Å²) < 4.78 is 17.3. The summed E-state index contributed by atoms with van der Waals surface area (Å²) in [5.74, 6) is 1.26. The predicted octanol–water partition coefficient (Wildman–Crippen LogP) is 6.04. The van der Waals surface area contributed by atoms with E-state index in [1.54, 1.807) is 7.11 Å². The smallest absolute Gasteiger partial charge is 0.126 e. The van der Waals surface area contributed by atoms with Gasteiger partial charge in [-0.05, 0) is 35.7 Å². The summed E-state index contributed by atoms with van der Waals surface area (Å²) in [7, 11) is 1.66. The molecule has 0 spiro atoms. The van der Waals surface area contributed by atoms with E-state index in [-0.39, 0.29) is 18.3 Å². The zero-order valence-corrected chi connectivity index (χ0v) is 22.8. The second-order valence-electron chi connectivity index (χ2n) is 9.42. The third-order valence-electron chi connectivity index (χ3n) is 7.08. The average Bonchev–Trinajstić information content (AvgIpc) is 2.95. The van der Waals surface area contributed by atoms with Crippen molar-refractivity contribution in [3.63, 3.8) is 0 Å². The fourth-order valence-electron chi connectivity index (χ4n) is 5.06. The Bertz CT molecular complexity index is 1060. The van der Waals surface area contributed by atoms with Gasteiger partial charge in [0.1, 0.15) is 17.1 Å². The van der Waals surface area contributed by atoms with Gasteiger partial charge in [0.05, 0.1) is 26.9 Å². The van der Waals surface area contributed by atoms with Crippen LogP contribution in [0, 0.1) is 0 Å². The second-order valence-corrected chi connectivity index (χ2v) is 9.42. The van der Waals surface area contributed by atoms with Gasteiger partial charge in [-0.3, -0.25) is 4.90 Å². The number of hydrogen-bond donors (Lipinski definition) is 1. The van der Waals surface area contributed by atoms with E-state index in [2.05, 4.69) is 24.0 Å². The Labute approximate surface area is 227 Å². The lowest BCUT2D eigenvalue weighted by Crippen LogP contribution is -2.45. The van der Waals surface area contributed by atoms with E-state index in [4.69, 9.17) is 14.2 Å². The molecule has 5 nitrogen and oxygen atoms in total. The van der Waals surface area contributed by atoms with Crippen molar-refractivity contribution in [2.24, 2.45) is 0 Å². The van der Waals surface area contributed by atoms with E-state index in [0.717, 1.165) is 54.8 Å². The molecule has 37 heavy (non-hydrogen) atoms. The van der Waals surface area contributed by atoms with Gasteiger partial charge in [0.15, 0.2) is 0 Å². The molecule has 0 radical (unpaired) electrons. The van der Waals surface area contributed by atoms with Gasteiger partial charge in [-0.2, -0.15) is 0 Å². The molecule has 1 N–H and O–H groups in total. The first kappa shape index (κ1) is 29.0. The number of para-hydroxylation sites is 1. The lowest BCUT2D eigenvalue weighted by atomic mass is 9.72. The summed E-state index contributed by atoms with van der Waals surface area (Å²) in [5, 5.41) is 12.9. The number of benzene rings is 3. The van der Waals surface area contributed by atoms with Crippen LogP contribution in [0.3, 0.4) is 0 Å². The van der Waals surface area contributed by atoms with Crippen molar-refractivity contribution in [3.05, 3.63) is 95.6 Å². The molecule has 2 unspecified atom stereocenters. The Morgan fingerprint density at radius 3 is 2.27 bits per heavy atom. The van der Waals surface area contributed by atoms with E-state index in [1.165, 1.54) is 0 Å². The monoisotopic (exact) mass is 525 g/mol. The SMILES string of the molecule is CCCCCOc1ccc(C(O)(c2ccccc2OC)C(CN2CCOCC2)c2ccccc2)cc1.Cl. The first-order valence-corrected chi connectivity index (χ1v) is 13.1. The maximum Gasteiger partial charge on any atom is 0.126 e. The summed E-state index contributed by atoms with van der Waals surface area (Å²) >= 11 is 0. The van der Waals surface area contributed by atoms with Crippen LogP contribution in [0.2, 0.25) is 0 Å². The van der Waals surface area contributed by atoms with E-state index in [1.807, 2.05) is 66.7 Å². The molecule has 200 valence electrons. The van der Waals surface area contributed by atoms with Gasteiger partial charge in [0.2, 0.25) is 0 Å². The van der Waals surface area contributed by atoms with Gasteiger partial charge in [-0.25, -0.2) is 0 Å². The molecule has 0 aromatic heterocycles. The van der Waals surface area contributed by atoms with Crippen molar-refractivity contribution >= 4 is 12.4 Å². The van der Waals surface area contributed by atoms with Crippen LogP contribution in [0.25, 0.3) is 0 Å². The zero-order valence-electron chi connectivity index (χ0n) is 22.0. The maximum atomic E-state index is 12.9. The second kappa shape index (κ2) is 14.4. The number of nitrogens with zero attached hydrogens (tertiary/aromatic N) is 1. The minimum absolute atomic E-state index is 0. The Kier molecular flexibility index (Phi) is 11.3. The molecule has 1 heterocycles. The van der Waals surface area contributed by atoms with Crippen LogP contribution < -0.4 is 9.47 Å². The number of unbranched alkanes of at least 4 members (excludes halogenated alkanes) is 2. The third-order valence-corrected chi connectivity index (χ3v) is 7.08. The van der Waals surface area contributed by atoms with Crippen LogP contribution in [0.1, 0.15) is 48.8 Å². The molecule has 0 aliphatic carbocycles. The highest BCUT2D eigenvalue weighted by Gasteiger charge is 2.44. The summed E-state index contributed by atoms with van der Waals surface area (Å²) in [6, 6.07) is 26.0. The molecule has 6 heteroatoms. The largest absolute Gasteiger partial charge is 0.496 e. The van der Waals surface area contributed by atoms with Crippen molar-refractivity contribution < 1.29 is 19.3 Å². The van der Waals surface area contributed by atoms with Gasteiger partial charge >= 0.3 is 0 Å². The van der Waals surface area contributed by atoms with Crippen LogP contribution in [-0.2, 0) is 10.3 Å². The normalized spacial score (nSPS) is 16.3. The molecule has 0 amide bonds. The highest BCUT2D eigenvalue weighted by atomic mass is 35.5. The zero-order chi connectivity index (χ0) is 25.2. The topological polar surface area (TPSA) is 51.2 Å². The molecule has 0 bridgehead atoms. The standard InChI is InChI=1S/C31H39NO4.ClH/c1-3-4-10-21-36-27-17-15-26(16-18-27)31(33,28-13-8-9-14-30(28)34-2)29(25-11-6-5-7-12-25)24-32-19-22-35-23-20-32;/h5-9,11-18,29,33H,3-4,10,19-24H2,1-2H3;1H. The van der Waals surface area contributed by atoms with Crippen LogP contribution in [0.4, 0.5) is 0 Å². The number of rotatable bonds is 12. The van der Waals surface area contributed by atoms with E-state index >= 15 is 0 Å². The number of ether oxygens (including phenoxy) is 3. The molecule has 1 aliphatic heterocycles. The van der Waals surface area contributed by atoms with E-state index in [9.17, 15) is 5.11 Å². The molecule has 4 rings (SSSR count). The number of aliphatic hydroxyl groups is 1. The quantitative estimate of drug-likeness (QED) is 0.292. The maximum absolute atomic E-state index is 12.9. The minimum Gasteiger partial charge on any atom is -0.496 e. The highest BCUT2D eigenvalue weighted by molar-refractivity contribution is 5.85. The molecule has 3 aromatic carbocycles. The van der Waals surface area contributed by atoms with E-state index < -0.39 is 5.60 Å².